The Balaban J connectivity index is 1.39. The van der Waals surface area contributed by atoms with Crippen molar-refractivity contribution in [1.82, 2.24) is 19.9 Å². The highest BCUT2D eigenvalue weighted by molar-refractivity contribution is 5.94. The maximum Gasteiger partial charge on any atom is 0.329 e. The third-order valence-corrected chi connectivity index (χ3v) is 5.89. The topological polar surface area (TPSA) is 76.5 Å². The van der Waals surface area contributed by atoms with E-state index in [0.29, 0.717) is 11.3 Å². The first-order valence-corrected chi connectivity index (χ1v) is 11.0. The van der Waals surface area contributed by atoms with Gasteiger partial charge < -0.3 is 4.90 Å². The predicted molar refractivity (Wildman–Crippen MR) is 122 cm³/mol. The van der Waals surface area contributed by atoms with Gasteiger partial charge in [0, 0.05) is 30.4 Å². The maximum atomic E-state index is 12.9. The number of benzene rings is 2. The normalized spacial score (nSPS) is 14.2. The molecule has 1 aliphatic rings. The van der Waals surface area contributed by atoms with Crippen molar-refractivity contribution in [2.45, 2.75) is 44.8 Å². The van der Waals surface area contributed by atoms with Crippen LogP contribution in [-0.4, -0.2) is 39.5 Å². The smallest absolute Gasteiger partial charge is 0.324 e. The number of imidazole rings is 1. The summed E-state index contributed by atoms with van der Waals surface area (Å²) in [6.07, 6.45) is 8.93. The summed E-state index contributed by atoms with van der Waals surface area (Å²) in [6.45, 7) is 0.285. The molecular formula is C25H28N4O3. The van der Waals surface area contributed by atoms with Gasteiger partial charge in [0.1, 0.15) is 6.33 Å². The number of hydrogen-bond donors (Lipinski definition) is 1. The Labute approximate surface area is 188 Å². The molecule has 0 aliphatic heterocycles. The van der Waals surface area contributed by atoms with Crippen molar-refractivity contribution in [3.05, 3.63) is 78.2 Å². The Morgan fingerprint density at radius 3 is 2.66 bits per heavy atom. The highest BCUT2D eigenvalue weighted by Crippen LogP contribution is 2.23. The zero-order chi connectivity index (χ0) is 22.3. The van der Waals surface area contributed by atoms with Gasteiger partial charge in [0.2, 0.25) is 0 Å². The molecule has 0 unspecified atom stereocenters. The molecule has 0 saturated heterocycles. The van der Waals surface area contributed by atoms with E-state index in [-0.39, 0.29) is 24.6 Å². The monoisotopic (exact) mass is 432 g/mol. The number of hydrogen-bond acceptors (Lipinski definition) is 4. The molecule has 2 amide bonds. The maximum absolute atomic E-state index is 12.9. The molecule has 4 rings (SSSR count). The second kappa shape index (κ2) is 10.2. The molecule has 0 radical (unpaired) electrons. The lowest BCUT2D eigenvalue weighted by atomic mass is 9.95. The Morgan fingerprint density at radius 1 is 1.09 bits per heavy atom. The van der Waals surface area contributed by atoms with E-state index in [0.717, 1.165) is 24.0 Å². The first-order valence-electron chi connectivity index (χ1n) is 11.0. The highest BCUT2D eigenvalue weighted by atomic mass is 16.6. The molecule has 32 heavy (non-hydrogen) atoms. The first-order chi connectivity index (χ1) is 15.6. The molecule has 2 aromatic carbocycles. The fourth-order valence-corrected chi connectivity index (χ4v) is 4.02. The summed E-state index contributed by atoms with van der Waals surface area (Å²) in [5, 5.41) is 0. The van der Waals surface area contributed by atoms with E-state index in [2.05, 4.69) is 10.5 Å². The van der Waals surface area contributed by atoms with Crippen LogP contribution in [0.3, 0.4) is 0 Å². The zero-order valence-corrected chi connectivity index (χ0v) is 18.2. The number of rotatable bonds is 6. The van der Waals surface area contributed by atoms with Gasteiger partial charge in [-0.2, -0.15) is 0 Å². The Hall–Kier alpha value is -3.45. The van der Waals surface area contributed by atoms with Crippen LogP contribution >= 0.6 is 0 Å². The van der Waals surface area contributed by atoms with Crippen LogP contribution in [0.1, 0.15) is 48.0 Å². The molecule has 1 saturated carbocycles. The van der Waals surface area contributed by atoms with Gasteiger partial charge in [0.25, 0.3) is 5.91 Å². The van der Waals surface area contributed by atoms with Gasteiger partial charge in [0.15, 0.2) is 0 Å². The summed E-state index contributed by atoms with van der Waals surface area (Å²) >= 11 is 0. The van der Waals surface area contributed by atoms with Crippen molar-refractivity contribution in [3.63, 3.8) is 0 Å². The molecule has 1 aliphatic carbocycles. The van der Waals surface area contributed by atoms with Crippen LogP contribution < -0.4 is 5.48 Å². The van der Waals surface area contributed by atoms with Gasteiger partial charge in [-0.05, 0) is 30.5 Å². The molecule has 0 atom stereocenters. The predicted octanol–water partition coefficient (Wildman–Crippen LogP) is 4.64. The Bertz CT molecular complexity index is 1060. The SMILES string of the molecule is CN(C(=O)n1cnc(-c2cccc(C(=O)NOCc3ccccc3)c2)c1)C1CCCCC1. The molecule has 3 aromatic rings. The van der Waals surface area contributed by atoms with Crippen LogP contribution in [0.15, 0.2) is 67.1 Å². The number of aromatic nitrogens is 2. The zero-order valence-electron chi connectivity index (χ0n) is 18.2. The van der Waals surface area contributed by atoms with Gasteiger partial charge in [-0.1, -0.05) is 61.7 Å². The number of nitrogens with one attached hydrogen (secondary N) is 1. The third-order valence-electron chi connectivity index (χ3n) is 5.89. The number of nitrogens with zero attached hydrogens (tertiary/aromatic N) is 3. The van der Waals surface area contributed by atoms with Crippen LogP contribution in [0.5, 0.6) is 0 Å². The summed E-state index contributed by atoms with van der Waals surface area (Å²) in [5.41, 5.74) is 5.29. The van der Waals surface area contributed by atoms with E-state index in [1.54, 1.807) is 24.4 Å². The molecule has 1 N–H and O–H groups in total. The Kier molecular flexibility index (Phi) is 6.97. The minimum absolute atomic E-state index is 0.0844. The van der Waals surface area contributed by atoms with Crippen molar-refractivity contribution in [2.75, 3.05) is 7.05 Å². The lowest BCUT2D eigenvalue weighted by Crippen LogP contribution is -2.40. The second-order valence-electron chi connectivity index (χ2n) is 8.14. The van der Waals surface area contributed by atoms with Crippen LogP contribution in [0.25, 0.3) is 11.3 Å². The minimum Gasteiger partial charge on any atom is -0.324 e. The number of hydroxylamine groups is 1. The van der Waals surface area contributed by atoms with Crippen molar-refractivity contribution < 1.29 is 14.4 Å². The number of carbonyl (C=O) groups is 2. The van der Waals surface area contributed by atoms with E-state index in [9.17, 15) is 9.59 Å². The van der Waals surface area contributed by atoms with Crippen molar-refractivity contribution >= 4 is 11.9 Å². The van der Waals surface area contributed by atoms with Gasteiger partial charge >= 0.3 is 6.03 Å². The lowest BCUT2D eigenvalue weighted by molar-refractivity contribution is 0.0233. The van der Waals surface area contributed by atoms with Gasteiger partial charge in [-0.25, -0.2) is 15.3 Å². The first kappa shape index (κ1) is 21.8. The van der Waals surface area contributed by atoms with Crippen molar-refractivity contribution in [2.24, 2.45) is 0 Å². The van der Waals surface area contributed by atoms with Crippen LogP contribution in [0.2, 0.25) is 0 Å². The van der Waals surface area contributed by atoms with Crippen LogP contribution in [0.4, 0.5) is 4.79 Å². The third kappa shape index (κ3) is 5.23. The molecule has 1 fully saturated rings. The van der Waals surface area contributed by atoms with Gasteiger partial charge in [0.05, 0.1) is 12.3 Å². The number of amides is 2. The van der Waals surface area contributed by atoms with Crippen LogP contribution in [-0.2, 0) is 11.4 Å². The van der Waals surface area contributed by atoms with Gasteiger partial charge in [-0.3, -0.25) is 14.2 Å². The van der Waals surface area contributed by atoms with Crippen molar-refractivity contribution in [3.8, 4) is 11.3 Å². The summed E-state index contributed by atoms with van der Waals surface area (Å²) in [4.78, 5) is 36.9. The molecule has 7 heteroatoms. The van der Waals surface area contributed by atoms with E-state index in [4.69, 9.17) is 4.84 Å². The van der Waals surface area contributed by atoms with E-state index >= 15 is 0 Å². The summed E-state index contributed by atoms with van der Waals surface area (Å²) in [7, 11) is 1.86. The molecule has 1 aromatic heterocycles. The molecule has 166 valence electrons. The molecule has 1 heterocycles. The average Bonchev–Trinajstić information content (AvgIpc) is 3.35. The van der Waals surface area contributed by atoms with Crippen LogP contribution in [0, 0.1) is 0 Å². The van der Waals surface area contributed by atoms with E-state index in [1.165, 1.54) is 30.2 Å². The average molecular weight is 433 g/mol. The fraction of sp³-hybridized carbons (Fsp3) is 0.320. The van der Waals surface area contributed by atoms with E-state index < -0.39 is 0 Å². The number of carbonyl (C=O) groups excluding carboxylic acids is 2. The quantitative estimate of drug-likeness (QED) is 0.576. The molecule has 7 nitrogen and oxygen atoms in total. The lowest BCUT2D eigenvalue weighted by Gasteiger charge is -2.31. The van der Waals surface area contributed by atoms with Crippen molar-refractivity contribution in [1.29, 1.82) is 0 Å². The fourth-order valence-electron chi connectivity index (χ4n) is 4.02. The Morgan fingerprint density at radius 2 is 1.88 bits per heavy atom. The van der Waals surface area contributed by atoms with E-state index in [1.807, 2.05) is 48.3 Å². The summed E-state index contributed by atoms with van der Waals surface area (Å²) in [6, 6.07) is 16.9. The largest absolute Gasteiger partial charge is 0.329 e. The highest BCUT2D eigenvalue weighted by Gasteiger charge is 2.23. The summed E-state index contributed by atoms with van der Waals surface area (Å²) < 4.78 is 1.51. The standard InChI is InChI=1S/C25H28N4O3/c1-28(22-13-6-3-7-14-22)25(31)29-16-23(26-18-29)20-11-8-12-21(15-20)24(30)27-32-17-19-9-4-2-5-10-19/h2,4-5,8-12,15-16,18,22H,3,6-7,13-14,17H2,1H3,(H,27,30). The second-order valence-corrected chi connectivity index (χ2v) is 8.14. The minimum atomic E-state index is -0.338. The van der Waals surface area contributed by atoms with Gasteiger partial charge in [-0.15, -0.1) is 0 Å². The summed E-state index contributed by atoms with van der Waals surface area (Å²) in [5.74, 6) is -0.338. The molecular weight excluding hydrogens is 404 g/mol. The molecule has 0 bridgehead atoms. The molecule has 0 spiro atoms.